The van der Waals surface area contributed by atoms with Crippen LogP contribution in [0, 0.1) is 11.7 Å². The molecule has 1 heterocycles. The number of fused-ring (bicyclic) bond motifs is 1. The molecule has 0 bridgehead atoms. The second-order valence-electron chi connectivity index (χ2n) is 8.50. The number of ether oxygens (including phenoxy) is 1. The van der Waals surface area contributed by atoms with E-state index in [-0.39, 0.29) is 16.8 Å². The fourth-order valence-electron chi connectivity index (χ4n) is 3.94. The smallest absolute Gasteiger partial charge is 0.243 e. The molecule has 5 nitrogen and oxygen atoms in total. The van der Waals surface area contributed by atoms with Crippen molar-refractivity contribution in [2.45, 2.75) is 61.8 Å². The number of nitrogens with zero attached hydrogens (tertiary/aromatic N) is 1. The average Bonchev–Trinajstić information content (AvgIpc) is 3.60. The van der Waals surface area contributed by atoms with Gasteiger partial charge in [0.25, 0.3) is 0 Å². The summed E-state index contributed by atoms with van der Waals surface area (Å²) in [5, 5.41) is 0. The number of hydrogen-bond acceptors (Lipinski definition) is 5. The summed E-state index contributed by atoms with van der Waals surface area (Å²) in [6.45, 7) is 5.26. The Labute approximate surface area is 194 Å². The third-order valence-electron chi connectivity index (χ3n) is 5.85. The van der Waals surface area contributed by atoms with E-state index in [2.05, 4.69) is 18.6 Å². The molecule has 0 aromatic heterocycles. The predicted octanol–water partition coefficient (Wildman–Crippen LogP) is 5.72. The molecule has 0 radical (unpaired) electrons. The van der Waals surface area contributed by atoms with Crippen LogP contribution in [0.25, 0.3) is 0 Å². The highest BCUT2D eigenvalue weighted by Gasteiger charge is 2.33. The van der Waals surface area contributed by atoms with Gasteiger partial charge in [-0.3, -0.25) is 0 Å². The van der Waals surface area contributed by atoms with E-state index < -0.39 is 10.0 Å². The number of rotatable bonds is 9. The molecule has 174 valence electrons. The molecule has 2 aromatic rings. The summed E-state index contributed by atoms with van der Waals surface area (Å²) in [7, 11) is -3.74. The van der Waals surface area contributed by atoms with E-state index in [0.29, 0.717) is 30.5 Å². The van der Waals surface area contributed by atoms with Gasteiger partial charge in [0.05, 0.1) is 17.2 Å². The molecule has 2 aromatic carbocycles. The Balaban J connectivity index is 1.81. The molecule has 1 saturated carbocycles. The topological polar surface area (TPSA) is 58.6 Å². The van der Waals surface area contributed by atoms with E-state index in [4.69, 9.17) is 4.74 Å². The molecule has 4 rings (SSSR count). The molecule has 1 fully saturated rings. The number of sulfonamides is 1. The Morgan fingerprint density at radius 1 is 1.19 bits per heavy atom. The lowest BCUT2D eigenvalue weighted by atomic mass is 10.1. The van der Waals surface area contributed by atoms with Gasteiger partial charge >= 0.3 is 0 Å². The van der Waals surface area contributed by atoms with E-state index in [9.17, 15) is 12.8 Å². The van der Waals surface area contributed by atoms with Gasteiger partial charge in [-0.15, -0.1) is 11.8 Å². The zero-order valence-electron chi connectivity index (χ0n) is 18.6. The van der Waals surface area contributed by atoms with Crippen LogP contribution < -0.4 is 14.4 Å². The van der Waals surface area contributed by atoms with Gasteiger partial charge in [0.15, 0.2) is 0 Å². The minimum atomic E-state index is -3.74. The number of nitrogens with one attached hydrogen (secondary N) is 1. The standard InChI is InChI=1S/C24H31FN2O3S2/c1-3-5-6-19-15-27(20-11-9-18(25)10-12-20)21-13-23(31-4-2)22(30-16-17-7-8-17)14-24(21)32(28,29)26-19/h9-14,17,19,26H,3-8,15-16H2,1-2H3/t19-/m1/s1. The van der Waals surface area contributed by atoms with Crippen molar-refractivity contribution in [1.82, 2.24) is 4.72 Å². The molecule has 8 heteroatoms. The number of thioether (sulfide) groups is 1. The Morgan fingerprint density at radius 3 is 2.59 bits per heavy atom. The molecule has 0 unspecified atom stereocenters. The minimum absolute atomic E-state index is 0.215. The van der Waals surface area contributed by atoms with E-state index in [0.717, 1.165) is 35.6 Å². The van der Waals surface area contributed by atoms with Crippen molar-refractivity contribution >= 4 is 33.2 Å². The summed E-state index contributed by atoms with van der Waals surface area (Å²) in [5.41, 5.74) is 1.38. The van der Waals surface area contributed by atoms with E-state index >= 15 is 0 Å². The van der Waals surface area contributed by atoms with Crippen LogP contribution in [-0.2, 0) is 10.0 Å². The summed E-state index contributed by atoms with van der Waals surface area (Å²) in [5.74, 6) is 1.72. The maximum atomic E-state index is 13.6. The van der Waals surface area contributed by atoms with Gasteiger partial charge in [-0.25, -0.2) is 17.5 Å². The van der Waals surface area contributed by atoms with E-state index in [1.807, 2.05) is 11.0 Å². The molecule has 1 aliphatic carbocycles. The van der Waals surface area contributed by atoms with Gasteiger partial charge in [-0.05, 0) is 61.3 Å². The Hall–Kier alpha value is -1.77. The van der Waals surface area contributed by atoms with Crippen LogP contribution in [0.5, 0.6) is 5.75 Å². The van der Waals surface area contributed by atoms with Crippen LogP contribution in [-0.4, -0.2) is 33.4 Å². The van der Waals surface area contributed by atoms with E-state index in [1.165, 1.54) is 25.0 Å². The number of hydrogen-bond donors (Lipinski definition) is 1. The molecule has 1 atom stereocenters. The van der Waals surface area contributed by atoms with Crippen molar-refractivity contribution in [3.63, 3.8) is 0 Å². The van der Waals surface area contributed by atoms with Crippen molar-refractivity contribution in [3.05, 3.63) is 42.2 Å². The summed E-state index contributed by atoms with van der Waals surface area (Å²) < 4.78 is 49.4. The van der Waals surface area contributed by atoms with Crippen LogP contribution in [0.2, 0.25) is 0 Å². The fraction of sp³-hybridized carbons (Fsp3) is 0.500. The number of benzene rings is 2. The maximum absolute atomic E-state index is 13.6. The normalized spacial score (nSPS) is 20.0. The van der Waals surface area contributed by atoms with Crippen LogP contribution in [0.3, 0.4) is 0 Å². The number of halogens is 1. The molecule has 1 N–H and O–H groups in total. The van der Waals surface area contributed by atoms with Crippen LogP contribution >= 0.6 is 11.8 Å². The SMILES string of the molecule is CCCC[C@@H]1CN(c2ccc(F)cc2)c2cc(SCC)c(OCC3CC3)cc2S(=O)(=O)N1. The largest absolute Gasteiger partial charge is 0.492 e. The van der Waals surface area contributed by atoms with Crippen molar-refractivity contribution in [2.24, 2.45) is 5.92 Å². The highest BCUT2D eigenvalue weighted by molar-refractivity contribution is 7.99. The summed E-state index contributed by atoms with van der Waals surface area (Å²) in [6.07, 6.45) is 4.98. The Bertz CT molecular complexity index is 1040. The second-order valence-corrected chi connectivity index (χ2v) is 11.5. The van der Waals surface area contributed by atoms with Gasteiger partial charge < -0.3 is 9.64 Å². The zero-order valence-corrected chi connectivity index (χ0v) is 20.3. The third-order valence-corrected chi connectivity index (χ3v) is 8.31. The maximum Gasteiger partial charge on any atom is 0.243 e. The lowest BCUT2D eigenvalue weighted by molar-refractivity contribution is 0.292. The molecule has 0 spiro atoms. The Morgan fingerprint density at radius 2 is 1.94 bits per heavy atom. The van der Waals surface area contributed by atoms with Gasteiger partial charge in [0.2, 0.25) is 10.0 Å². The molecule has 1 aliphatic heterocycles. The molecular weight excluding hydrogens is 447 g/mol. The second kappa shape index (κ2) is 10.0. The molecular formula is C24H31FN2O3S2. The van der Waals surface area contributed by atoms with Crippen LogP contribution in [0.15, 0.2) is 46.2 Å². The zero-order chi connectivity index (χ0) is 22.7. The third kappa shape index (κ3) is 5.41. The first-order valence-corrected chi connectivity index (χ1v) is 13.9. The fourth-order valence-corrected chi connectivity index (χ4v) is 6.17. The lowest BCUT2D eigenvalue weighted by Gasteiger charge is -2.28. The van der Waals surface area contributed by atoms with Gasteiger partial charge in [0, 0.05) is 24.3 Å². The summed E-state index contributed by atoms with van der Waals surface area (Å²) in [4.78, 5) is 3.14. The van der Waals surface area contributed by atoms with Gasteiger partial charge in [-0.2, -0.15) is 0 Å². The summed E-state index contributed by atoms with van der Waals surface area (Å²) >= 11 is 1.64. The Kier molecular flexibility index (Phi) is 7.32. The highest BCUT2D eigenvalue weighted by Crippen LogP contribution is 2.43. The van der Waals surface area contributed by atoms with Crippen molar-refractivity contribution in [3.8, 4) is 5.75 Å². The van der Waals surface area contributed by atoms with Crippen LogP contribution in [0.1, 0.15) is 46.0 Å². The van der Waals surface area contributed by atoms with Gasteiger partial charge in [0.1, 0.15) is 16.5 Å². The first kappa shape index (κ1) is 23.4. The molecule has 32 heavy (non-hydrogen) atoms. The summed E-state index contributed by atoms with van der Waals surface area (Å²) in [6, 6.07) is 9.61. The number of unbranched alkanes of at least 4 members (excludes halogenated alkanes) is 1. The monoisotopic (exact) mass is 478 g/mol. The minimum Gasteiger partial charge on any atom is -0.492 e. The number of anilines is 2. The average molecular weight is 479 g/mol. The lowest BCUT2D eigenvalue weighted by Crippen LogP contribution is -2.39. The van der Waals surface area contributed by atoms with Crippen LogP contribution in [0.4, 0.5) is 15.8 Å². The molecule has 0 saturated heterocycles. The predicted molar refractivity (Wildman–Crippen MR) is 128 cm³/mol. The van der Waals surface area contributed by atoms with Gasteiger partial charge in [-0.1, -0.05) is 26.7 Å². The first-order chi connectivity index (χ1) is 15.4. The molecule has 0 amide bonds. The van der Waals surface area contributed by atoms with Crippen molar-refractivity contribution in [1.29, 1.82) is 0 Å². The first-order valence-electron chi connectivity index (χ1n) is 11.4. The van der Waals surface area contributed by atoms with Crippen molar-refractivity contribution in [2.75, 3.05) is 23.8 Å². The van der Waals surface area contributed by atoms with Crippen molar-refractivity contribution < 1.29 is 17.5 Å². The van der Waals surface area contributed by atoms with E-state index in [1.54, 1.807) is 30.0 Å². The quantitative estimate of drug-likeness (QED) is 0.468. The molecule has 2 aliphatic rings. The highest BCUT2D eigenvalue weighted by atomic mass is 32.2.